The van der Waals surface area contributed by atoms with E-state index in [0.29, 0.717) is 0 Å². The smallest absolute Gasteiger partial charge is 0.339 e. The van der Waals surface area contributed by atoms with Gasteiger partial charge in [-0.05, 0) is 32.9 Å². The largest absolute Gasteiger partial charge is 0.449 e. The molecule has 0 heterocycles. The second-order valence-electron chi connectivity index (χ2n) is 4.63. The Bertz CT molecular complexity index is 574. The van der Waals surface area contributed by atoms with E-state index in [1.807, 2.05) is 0 Å². The van der Waals surface area contributed by atoms with Crippen LogP contribution in [0.15, 0.2) is 18.2 Å². The predicted molar refractivity (Wildman–Crippen MR) is 76.3 cm³/mol. The second kappa shape index (κ2) is 7.03. The van der Waals surface area contributed by atoms with Gasteiger partial charge in [0.25, 0.3) is 11.6 Å². The van der Waals surface area contributed by atoms with Gasteiger partial charge in [0.05, 0.1) is 10.5 Å². The third kappa shape index (κ3) is 4.71. The molecular weight excluding hydrogens is 300 g/mol. The number of esters is 1. The molecule has 0 saturated heterocycles. The molecule has 1 unspecified atom stereocenters. The van der Waals surface area contributed by atoms with Crippen LogP contribution in [0.5, 0.6) is 0 Å². The zero-order valence-corrected chi connectivity index (χ0v) is 12.5. The number of amides is 1. The van der Waals surface area contributed by atoms with Gasteiger partial charge in [0.15, 0.2) is 6.10 Å². The lowest BCUT2D eigenvalue weighted by Crippen LogP contribution is -2.39. The van der Waals surface area contributed by atoms with E-state index in [4.69, 9.17) is 16.3 Å². The maximum atomic E-state index is 11.9. The Kier molecular flexibility index (Phi) is 5.66. The number of nitrogens with zero attached hydrogens (tertiary/aromatic N) is 1. The summed E-state index contributed by atoms with van der Waals surface area (Å²) in [6.45, 7) is 4.96. The molecule has 114 valence electrons. The van der Waals surface area contributed by atoms with E-state index in [-0.39, 0.29) is 16.6 Å². The van der Waals surface area contributed by atoms with Gasteiger partial charge in [0, 0.05) is 12.1 Å². The summed E-state index contributed by atoms with van der Waals surface area (Å²) in [6, 6.07) is 3.45. The highest BCUT2D eigenvalue weighted by Gasteiger charge is 2.22. The van der Waals surface area contributed by atoms with Gasteiger partial charge in [0.1, 0.15) is 5.02 Å². The summed E-state index contributed by atoms with van der Waals surface area (Å²) >= 11 is 5.65. The molecule has 21 heavy (non-hydrogen) atoms. The quantitative estimate of drug-likeness (QED) is 0.511. The van der Waals surface area contributed by atoms with Crippen molar-refractivity contribution in [3.8, 4) is 0 Å². The van der Waals surface area contributed by atoms with Crippen LogP contribution in [0.4, 0.5) is 5.69 Å². The molecule has 0 aliphatic rings. The van der Waals surface area contributed by atoms with Crippen LogP contribution < -0.4 is 5.32 Å². The summed E-state index contributed by atoms with van der Waals surface area (Å²) in [4.78, 5) is 33.5. The summed E-state index contributed by atoms with van der Waals surface area (Å²) in [6.07, 6.45) is -1.00. The maximum absolute atomic E-state index is 11.9. The van der Waals surface area contributed by atoms with Crippen LogP contribution in [0.2, 0.25) is 5.02 Å². The van der Waals surface area contributed by atoms with Crippen molar-refractivity contribution in [2.75, 3.05) is 0 Å². The molecular formula is C13H15ClN2O5. The molecule has 1 N–H and O–H groups in total. The Labute approximate surface area is 126 Å². The SMILES string of the molecule is CC(C)NC(=O)C(C)OC(=O)c1ccc(Cl)c([N+](=O)[O-])c1. The van der Waals surface area contributed by atoms with Crippen molar-refractivity contribution in [3.63, 3.8) is 0 Å². The number of nitrogens with one attached hydrogen (secondary N) is 1. The number of ether oxygens (including phenoxy) is 1. The van der Waals surface area contributed by atoms with Gasteiger partial charge in [-0.3, -0.25) is 14.9 Å². The van der Waals surface area contributed by atoms with Crippen molar-refractivity contribution >= 4 is 29.2 Å². The van der Waals surface area contributed by atoms with E-state index in [9.17, 15) is 19.7 Å². The number of halogens is 1. The number of benzene rings is 1. The molecule has 7 nitrogen and oxygen atoms in total. The second-order valence-corrected chi connectivity index (χ2v) is 5.04. The third-order valence-electron chi connectivity index (χ3n) is 2.46. The Balaban J connectivity index is 2.83. The molecule has 1 aromatic rings. The average Bonchev–Trinajstić information content (AvgIpc) is 2.37. The fourth-order valence-corrected chi connectivity index (χ4v) is 1.65. The van der Waals surface area contributed by atoms with Crippen molar-refractivity contribution in [2.45, 2.75) is 32.9 Å². The van der Waals surface area contributed by atoms with E-state index in [1.54, 1.807) is 13.8 Å². The molecule has 0 spiro atoms. The highest BCUT2D eigenvalue weighted by molar-refractivity contribution is 6.32. The lowest BCUT2D eigenvalue weighted by molar-refractivity contribution is -0.384. The van der Waals surface area contributed by atoms with Crippen LogP contribution in [0.25, 0.3) is 0 Å². The number of carbonyl (C=O) groups excluding carboxylic acids is 2. The normalized spacial score (nSPS) is 11.9. The van der Waals surface area contributed by atoms with Crippen molar-refractivity contribution in [1.82, 2.24) is 5.32 Å². The molecule has 0 aliphatic heterocycles. The van der Waals surface area contributed by atoms with E-state index < -0.39 is 28.6 Å². The lowest BCUT2D eigenvalue weighted by Gasteiger charge is -2.15. The first-order valence-corrected chi connectivity index (χ1v) is 6.55. The summed E-state index contributed by atoms with van der Waals surface area (Å²) in [5.74, 6) is -1.28. The van der Waals surface area contributed by atoms with Gasteiger partial charge in [-0.2, -0.15) is 0 Å². The van der Waals surface area contributed by atoms with Crippen molar-refractivity contribution in [3.05, 3.63) is 38.9 Å². The van der Waals surface area contributed by atoms with Gasteiger partial charge in [0.2, 0.25) is 0 Å². The number of nitro benzene ring substituents is 1. The zero-order chi connectivity index (χ0) is 16.2. The highest BCUT2D eigenvalue weighted by atomic mass is 35.5. The van der Waals surface area contributed by atoms with Crippen LogP contribution >= 0.6 is 11.6 Å². The Morgan fingerprint density at radius 2 is 1.95 bits per heavy atom. The van der Waals surface area contributed by atoms with Crippen LogP contribution in [-0.4, -0.2) is 28.9 Å². The minimum absolute atomic E-state index is 0.0460. The van der Waals surface area contributed by atoms with Crippen molar-refractivity contribution in [1.29, 1.82) is 0 Å². The van der Waals surface area contributed by atoms with Crippen molar-refractivity contribution < 1.29 is 19.2 Å². The third-order valence-corrected chi connectivity index (χ3v) is 2.78. The molecule has 0 aromatic heterocycles. The average molecular weight is 315 g/mol. The standard InChI is InChI=1S/C13H15ClN2O5/c1-7(2)15-12(17)8(3)21-13(18)9-4-5-10(14)11(6-9)16(19)20/h4-8H,1-3H3,(H,15,17). The molecule has 1 aromatic carbocycles. The summed E-state index contributed by atoms with van der Waals surface area (Å²) in [5.41, 5.74) is -0.444. The van der Waals surface area contributed by atoms with Gasteiger partial charge in [-0.1, -0.05) is 11.6 Å². The van der Waals surface area contributed by atoms with E-state index in [2.05, 4.69) is 5.32 Å². The fourth-order valence-electron chi connectivity index (χ4n) is 1.46. The predicted octanol–water partition coefficient (Wildman–Crippen LogP) is 2.32. The molecule has 8 heteroatoms. The number of hydrogen-bond acceptors (Lipinski definition) is 5. The maximum Gasteiger partial charge on any atom is 0.339 e. The fraction of sp³-hybridized carbons (Fsp3) is 0.385. The summed E-state index contributed by atoms with van der Waals surface area (Å²) in [5, 5.41) is 13.3. The Morgan fingerprint density at radius 3 is 2.48 bits per heavy atom. The Hall–Kier alpha value is -2.15. The van der Waals surface area contributed by atoms with Crippen molar-refractivity contribution in [2.24, 2.45) is 0 Å². The molecule has 1 rings (SSSR count). The highest BCUT2D eigenvalue weighted by Crippen LogP contribution is 2.25. The monoisotopic (exact) mass is 314 g/mol. The van der Waals surface area contributed by atoms with Gasteiger partial charge in [-0.15, -0.1) is 0 Å². The topological polar surface area (TPSA) is 98.5 Å². The first-order valence-electron chi connectivity index (χ1n) is 6.17. The van der Waals surface area contributed by atoms with Gasteiger partial charge in [-0.25, -0.2) is 4.79 Å². The van der Waals surface area contributed by atoms with Gasteiger partial charge < -0.3 is 10.1 Å². The molecule has 0 fully saturated rings. The Morgan fingerprint density at radius 1 is 1.33 bits per heavy atom. The minimum atomic E-state index is -1.00. The summed E-state index contributed by atoms with van der Waals surface area (Å²) in [7, 11) is 0. The van der Waals surface area contributed by atoms with Crippen LogP contribution in [0.1, 0.15) is 31.1 Å². The molecule has 0 radical (unpaired) electrons. The van der Waals surface area contributed by atoms with Gasteiger partial charge >= 0.3 is 5.97 Å². The number of carbonyl (C=O) groups is 2. The molecule has 1 amide bonds. The zero-order valence-electron chi connectivity index (χ0n) is 11.8. The van der Waals surface area contributed by atoms with Crippen LogP contribution in [-0.2, 0) is 9.53 Å². The lowest BCUT2D eigenvalue weighted by atomic mass is 10.2. The minimum Gasteiger partial charge on any atom is -0.449 e. The molecule has 1 atom stereocenters. The molecule has 0 aliphatic carbocycles. The number of nitro groups is 1. The molecule has 0 saturated carbocycles. The molecule has 0 bridgehead atoms. The van der Waals surface area contributed by atoms with Crippen LogP contribution in [0, 0.1) is 10.1 Å². The first-order chi connectivity index (χ1) is 9.72. The summed E-state index contributed by atoms with van der Waals surface area (Å²) < 4.78 is 4.96. The van der Waals surface area contributed by atoms with E-state index in [0.717, 1.165) is 6.07 Å². The van der Waals surface area contributed by atoms with Crippen LogP contribution in [0.3, 0.4) is 0 Å². The van der Waals surface area contributed by atoms with E-state index in [1.165, 1.54) is 19.1 Å². The number of hydrogen-bond donors (Lipinski definition) is 1. The number of rotatable bonds is 5. The first kappa shape index (κ1) is 16.9. The van der Waals surface area contributed by atoms with E-state index >= 15 is 0 Å².